The number of carboxylic acid groups (broad SMARTS) is 1. The fourth-order valence-electron chi connectivity index (χ4n) is 10.5. The van der Waals surface area contributed by atoms with Gasteiger partial charge >= 0.3 is 5.97 Å². The summed E-state index contributed by atoms with van der Waals surface area (Å²) in [5.74, 6) is 2.88. The summed E-state index contributed by atoms with van der Waals surface area (Å²) in [5.41, 5.74) is 6.29. The number of nitrogens with two attached hydrogens (primary N) is 1. The van der Waals surface area contributed by atoms with Gasteiger partial charge in [0.1, 0.15) is 0 Å². The minimum Gasteiger partial charge on any atom is -0.481 e. The average molecular weight is 562 g/mol. The Hall–Kier alpha value is -0.690. The third-order valence-corrected chi connectivity index (χ3v) is 12.9. The standard InChI is InChI=1S/C34H63N3O3/c1-23(9-7-10-24(2)32(39)40)27-11-12-28-31-29(14-16-34(27,28)4)33(3)15-13-26(21-25(33)22-30(31)38)37-20-8-19-36-18-6-5-17-35/h23-31,36-38H,5-22,35H2,1-4H3,(H,39,40)/t23-,24?,25-,26+,27-,28?,29?,30-,31?,33+,34-/m1/s1. The van der Waals surface area contributed by atoms with E-state index in [1.54, 1.807) is 0 Å². The highest BCUT2D eigenvalue weighted by atomic mass is 16.4. The Labute approximate surface area is 245 Å². The molecule has 40 heavy (non-hydrogen) atoms. The quantitative estimate of drug-likeness (QED) is 0.161. The summed E-state index contributed by atoms with van der Waals surface area (Å²) in [4.78, 5) is 11.3. The topological polar surface area (TPSA) is 108 Å². The molecule has 0 aromatic rings. The Morgan fingerprint density at radius 3 is 2.38 bits per heavy atom. The van der Waals surface area contributed by atoms with Crippen LogP contribution in [0, 0.1) is 52.3 Å². The molecule has 0 bridgehead atoms. The van der Waals surface area contributed by atoms with Crippen molar-refractivity contribution in [2.45, 2.75) is 130 Å². The molecule has 4 unspecified atom stereocenters. The third kappa shape index (κ3) is 6.92. The van der Waals surface area contributed by atoms with Gasteiger partial charge in [0.05, 0.1) is 12.0 Å². The van der Waals surface area contributed by atoms with E-state index in [-0.39, 0.29) is 12.0 Å². The maximum atomic E-state index is 11.7. The molecule has 0 amide bonds. The van der Waals surface area contributed by atoms with Crippen LogP contribution in [-0.2, 0) is 4.79 Å². The van der Waals surface area contributed by atoms with Crippen LogP contribution in [0.1, 0.15) is 118 Å². The van der Waals surface area contributed by atoms with Crippen molar-refractivity contribution in [1.29, 1.82) is 0 Å². The first kappa shape index (κ1) is 32.2. The fraction of sp³-hybridized carbons (Fsp3) is 0.971. The molecule has 11 atom stereocenters. The van der Waals surface area contributed by atoms with Gasteiger partial charge in [-0.05, 0) is 150 Å². The van der Waals surface area contributed by atoms with Gasteiger partial charge in [0, 0.05) is 6.04 Å². The van der Waals surface area contributed by atoms with Crippen molar-refractivity contribution in [2.75, 3.05) is 26.2 Å². The number of fused-ring (bicyclic) bond motifs is 5. The molecule has 0 radical (unpaired) electrons. The first-order valence-electron chi connectivity index (χ1n) is 17.2. The van der Waals surface area contributed by atoms with Crippen molar-refractivity contribution in [3.05, 3.63) is 0 Å². The molecule has 4 aliphatic rings. The van der Waals surface area contributed by atoms with E-state index in [9.17, 15) is 15.0 Å². The van der Waals surface area contributed by atoms with E-state index in [0.717, 1.165) is 58.3 Å². The summed E-state index contributed by atoms with van der Waals surface area (Å²) in [6.45, 7) is 13.5. The normalized spacial score (nSPS) is 40.6. The van der Waals surface area contributed by atoms with Crippen LogP contribution in [0.25, 0.3) is 0 Å². The van der Waals surface area contributed by atoms with Crippen molar-refractivity contribution in [3.8, 4) is 0 Å². The van der Waals surface area contributed by atoms with E-state index in [4.69, 9.17) is 5.73 Å². The number of aliphatic carboxylic acids is 1. The molecule has 232 valence electrons. The van der Waals surface area contributed by atoms with Crippen LogP contribution in [0.3, 0.4) is 0 Å². The molecule has 4 aliphatic carbocycles. The van der Waals surface area contributed by atoms with Crippen LogP contribution < -0.4 is 16.4 Å². The number of hydrogen-bond donors (Lipinski definition) is 5. The largest absolute Gasteiger partial charge is 0.481 e. The van der Waals surface area contributed by atoms with Gasteiger partial charge in [-0.25, -0.2) is 0 Å². The number of aliphatic hydroxyl groups excluding tert-OH is 1. The molecule has 6 nitrogen and oxygen atoms in total. The summed E-state index contributed by atoms with van der Waals surface area (Å²) in [7, 11) is 0. The van der Waals surface area contributed by atoms with Gasteiger partial charge in [-0.3, -0.25) is 4.79 Å². The zero-order valence-corrected chi connectivity index (χ0v) is 26.3. The van der Waals surface area contributed by atoms with E-state index in [0.29, 0.717) is 52.4 Å². The van der Waals surface area contributed by atoms with E-state index in [1.165, 1.54) is 57.8 Å². The molecule has 4 saturated carbocycles. The Morgan fingerprint density at radius 2 is 1.62 bits per heavy atom. The Bertz CT molecular complexity index is 809. The van der Waals surface area contributed by atoms with Crippen LogP contribution >= 0.6 is 0 Å². The smallest absolute Gasteiger partial charge is 0.306 e. The number of rotatable bonds is 15. The van der Waals surface area contributed by atoms with Gasteiger partial charge in [0.25, 0.3) is 0 Å². The summed E-state index contributed by atoms with van der Waals surface area (Å²) >= 11 is 0. The van der Waals surface area contributed by atoms with E-state index in [2.05, 4.69) is 31.4 Å². The van der Waals surface area contributed by atoms with Crippen LogP contribution in [0.4, 0.5) is 0 Å². The van der Waals surface area contributed by atoms with Gasteiger partial charge in [0.2, 0.25) is 0 Å². The van der Waals surface area contributed by atoms with E-state index < -0.39 is 5.97 Å². The molecule has 0 aromatic carbocycles. The van der Waals surface area contributed by atoms with Crippen molar-refractivity contribution < 1.29 is 15.0 Å². The van der Waals surface area contributed by atoms with Gasteiger partial charge in [0.15, 0.2) is 0 Å². The minimum absolute atomic E-state index is 0.144. The molecular weight excluding hydrogens is 498 g/mol. The molecule has 4 fully saturated rings. The number of carboxylic acids is 1. The third-order valence-electron chi connectivity index (χ3n) is 12.9. The summed E-state index contributed by atoms with van der Waals surface area (Å²) in [5, 5.41) is 28.4. The Kier molecular flexibility index (Phi) is 11.4. The first-order chi connectivity index (χ1) is 19.1. The first-order valence-corrected chi connectivity index (χ1v) is 17.2. The van der Waals surface area contributed by atoms with Crippen LogP contribution in [0.2, 0.25) is 0 Å². The Morgan fingerprint density at radius 1 is 0.900 bits per heavy atom. The molecule has 4 rings (SSSR count). The maximum absolute atomic E-state index is 11.7. The van der Waals surface area contributed by atoms with Crippen molar-refractivity contribution in [2.24, 2.45) is 58.0 Å². The number of hydrogen-bond acceptors (Lipinski definition) is 5. The molecule has 0 spiro atoms. The summed E-state index contributed by atoms with van der Waals surface area (Å²) < 4.78 is 0. The molecule has 0 aliphatic heterocycles. The zero-order valence-electron chi connectivity index (χ0n) is 26.3. The highest BCUT2D eigenvalue weighted by Gasteiger charge is 2.62. The molecular formula is C34H63N3O3. The average Bonchev–Trinajstić information content (AvgIpc) is 3.27. The van der Waals surface area contributed by atoms with Gasteiger partial charge in [-0.1, -0.05) is 40.5 Å². The van der Waals surface area contributed by atoms with Gasteiger partial charge in [-0.2, -0.15) is 0 Å². The predicted octanol–water partition coefficient (Wildman–Crippen LogP) is 5.82. The molecule has 0 heterocycles. The molecule has 6 N–H and O–H groups in total. The van der Waals surface area contributed by atoms with Crippen LogP contribution in [0.15, 0.2) is 0 Å². The lowest BCUT2D eigenvalue weighted by Gasteiger charge is -2.62. The SMILES string of the molecule is CC(CCC[C@@H](C)[C@H]1CCC2C3C(CC[C@@]21C)[C@@]1(C)CC[C@H](NCCCNCCCCN)C[C@@H]1C[C@H]3O)C(=O)O. The second-order valence-corrected chi connectivity index (χ2v) is 15.2. The molecule has 0 saturated heterocycles. The number of carbonyl (C=O) groups is 1. The van der Waals surface area contributed by atoms with Gasteiger partial charge in [-0.15, -0.1) is 0 Å². The molecule has 0 aromatic heterocycles. The van der Waals surface area contributed by atoms with E-state index in [1.807, 2.05) is 6.92 Å². The van der Waals surface area contributed by atoms with Crippen LogP contribution in [-0.4, -0.2) is 54.5 Å². The van der Waals surface area contributed by atoms with E-state index >= 15 is 0 Å². The summed E-state index contributed by atoms with van der Waals surface area (Å²) in [6, 6.07) is 0.605. The lowest BCUT2D eigenvalue weighted by molar-refractivity contribution is -0.167. The highest BCUT2D eigenvalue weighted by Crippen LogP contribution is 2.68. The predicted molar refractivity (Wildman–Crippen MR) is 164 cm³/mol. The number of aliphatic hydroxyl groups is 1. The van der Waals surface area contributed by atoms with Crippen LogP contribution in [0.5, 0.6) is 0 Å². The van der Waals surface area contributed by atoms with Gasteiger partial charge < -0.3 is 26.6 Å². The van der Waals surface area contributed by atoms with Crippen molar-refractivity contribution >= 4 is 5.97 Å². The lowest BCUT2D eigenvalue weighted by Crippen LogP contribution is -2.59. The number of nitrogens with one attached hydrogen (secondary N) is 2. The highest BCUT2D eigenvalue weighted by molar-refractivity contribution is 5.69. The second-order valence-electron chi connectivity index (χ2n) is 15.2. The second kappa shape index (κ2) is 14.2. The zero-order chi connectivity index (χ0) is 28.9. The monoisotopic (exact) mass is 561 g/mol. The lowest BCUT2D eigenvalue weighted by atomic mass is 9.43. The van der Waals surface area contributed by atoms with Crippen molar-refractivity contribution in [3.63, 3.8) is 0 Å². The summed E-state index contributed by atoms with van der Waals surface area (Å²) in [6.07, 6.45) is 16.2. The maximum Gasteiger partial charge on any atom is 0.306 e. The van der Waals surface area contributed by atoms with Crippen molar-refractivity contribution in [1.82, 2.24) is 10.6 Å². The number of unbranched alkanes of at least 4 members (excludes halogenated alkanes) is 1. The Balaban J connectivity index is 1.29. The minimum atomic E-state index is -0.663. The fourth-order valence-corrected chi connectivity index (χ4v) is 10.5. The molecule has 6 heteroatoms.